The van der Waals surface area contributed by atoms with E-state index in [0.717, 1.165) is 62.5 Å². The Morgan fingerprint density at radius 1 is 0.521 bits per heavy atom. The van der Waals surface area contributed by atoms with Crippen molar-refractivity contribution in [1.29, 1.82) is 0 Å². The minimum absolute atomic E-state index is 0.158. The van der Waals surface area contributed by atoms with E-state index in [-0.39, 0.29) is 36.9 Å². The van der Waals surface area contributed by atoms with Crippen LogP contribution in [0.2, 0.25) is 0 Å². The van der Waals surface area contributed by atoms with E-state index >= 15 is 0 Å². The first-order valence-electron chi connectivity index (χ1n) is 17.6. The van der Waals surface area contributed by atoms with Crippen LogP contribution in [0.15, 0.2) is 60.7 Å². The Balaban J connectivity index is 1.52. The van der Waals surface area contributed by atoms with E-state index in [1.807, 2.05) is 88.4 Å². The first-order chi connectivity index (χ1) is 23.1. The summed E-state index contributed by atoms with van der Waals surface area (Å²) in [5.74, 6) is 0.126. The minimum atomic E-state index is -0.628. The van der Waals surface area contributed by atoms with Crippen molar-refractivity contribution in [3.8, 4) is 0 Å². The van der Waals surface area contributed by atoms with E-state index in [4.69, 9.17) is 9.47 Å². The molecule has 4 N–H and O–H groups in total. The predicted octanol–water partition coefficient (Wildman–Crippen LogP) is 7.02. The average Bonchev–Trinajstić information content (AvgIpc) is 3.06. The molecule has 266 valence electrons. The minimum Gasteiger partial charge on any atom is -0.445 e. The fourth-order valence-corrected chi connectivity index (χ4v) is 5.20. The van der Waals surface area contributed by atoms with Crippen molar-refractivity contribution < 1.29 is 28.7 Å². The highest BCUT2D eigenvalue weighted by Gasteiger charge is 2.23. The van der Waals surface area contributed by atoms with Crippen LogP contribution in [-0.2, 0) is 32.3 Å². The molecule has 48 heavy (non-hydrogen) atoms. The highest BCUT2D eigenvalue weighted by atomic mass is 16.6. The molecule has 0 aliphatic heterocycles. The summed E-state index contributed by atoms with van der Waals surface area (Å²) in [5, 5.41) is 11.4. The van der Waals surface area contributed by atoms with Gasteiger partial charge in [0.2, 0.25) is 11.8 Å². The molecular formula is C38H58N4O6. The lowest BCUT2D eigenvalue weighted by molar-refractivity contribution is -0.124. The maximum Gasteiger partial charge on any atom is 0.408 e. The molecular weight excluding hydrogens is 608 g/mol. The average molecular weight is 667 g/mol. The molecule has 0 saturated carbocycles. The van der Waals surface area contributed by atoms with Crippen LogP contribution in [0.25, 0.3) is 0 Å². The van der Waals surface area contributed by atoms with E-state index in [1.54, 1.807) is 0 Å². The number of rotatable bonds is 23. The first kappa shape index (κ1) is 40.1. The summed E-state index contributed by atoms with van der Waals surface area (Å²) in [6, 6.07) is 17.6. The molecule has 2 atom stereocenters. The molecule has 0 bridgehead atoms. The maximum atomic E-state index is 12.8. The molecule has 0 saturated heterocycles. The molecule has 0 unspecified atom stereocenters. The maximum absolute atomic E-state index is 12.8. The van der Waals surface area contributed by atoms with E-state index in [2.05, 4.69) is 21.3 Å². The summed E-state index contributed by atoms with van der Waals surface area (Å²) in [6.07, 6.45) is 8.14. The molecule has 10 nitrogen and oxygen atoms in total. The van der Waals surface area contributed by atoms with E-state index < -0.39 is 24.3 Å². The number of hydrogen-bond acceptors (Lipinski definition) is 6. The molecule has 0 heterocycles. The Morgan fingerprint density at radius 2 is 0.854 bits per heavy atom. The number of ether oxygens (including phenoxy) is 2. The van der Waals surface area contributed by atoms with Gasteiger partial charge in [-0.1, -0.05) is 127 Å². The zero-order valence-electron chi connectivity index (χ0n) is 29.4. The number of benzene rings is 2. The van der Waals surface area contributed by atoms with E-state index in [0.29, 0.717) is 25.9 Å². The lowest BCUT2D eigenvalue weighted by Crippen LogP contribution is -2.47. The van der Waals surface area contributed by atoms with Gasteiger partial charge in [-0.2, -0.15) is 0 Å². The summed E-state index contributed by atoms with van der Waals surface area (Å²) < 4.78 is 10.6. The van der Waals surface area contributed by atoms with Crippen LogP contribution in [-0.4, -0.2) is 49.2 Å². The zero-order valence-corrected chi connectivity index (χ0v) is 29.4. The molecule has 2 aromatic carbocycles. The Kier molecular flexibility index (Phi) is 20.1. The second-order valence-electron chi connectivity index (χ2n) is 13.2. The molecule has 0 radical (unpaired) electrons. The summed E-state index contributed by atoms with van der Waals surface area (Å²) in [5.41, 5.74) is 1.78. The topological polar surface area (TPSA) is 135 Å². The molecule has 4 amide bonds. The molecule has 0 fully saturated rings. The van der Waals surface area contributed by atoms with Gasteiger partial charge in [0.1, 0.15) is 25.3 Å². The Hall–Kier alpha value is -4.08. The van der Waals surface area contributed by atoms with Crippen molar-refractivity contribution in [3.05, 3.63) is 71.8 Å². The number of unbranched alkanes of at least 4 members (excludes halogenated alkanes) is 7. The van der Waals surface area contributed by atoms with Crippen molar-refractivity contribution >= 4 is 24.0 Å². The van der Waals surface area contributed by atoms with Gasteiger partial charge in [0.05, 0.1) is 0 Å². The molecule has 0 aliphatic carbocycles. The zero-order chi connectivity index (χ0) is 35.0. The molecule has 10 heteroatoms. The van der Waals surface area contributed by atoms with E-state index in [9.17, 15) is 19.2 Å². The van der Waals surface area contributed by atoms with Gasteiger partial charge in [-0.15, -0.1) is 0 Å². The number of alkyl carbamates (subject to hydrolysis) is 2. The highest BCUT2D eigenvalue weighted by Crippen LogP contribution is 2.11. The van der Waals surface area contributed by atoms with Crippen molar-refractivity contribution in [3.63, 3.8) is 0 Å². The lowest BCUT2D eigenvalue weighted by atomic mass is 10.0. The van der Waals surface area contributed by atoms with Gasteiger partial charge in [-0.25, -0.2) is 9.59 Å². The fraction of sp³-hybridized carbons (Fsp3) is 0.579. The van der Waals surface area contributed by atoms with Gasteiger partial charge >= 0.3 is 12.2 Å². The summed E-state index contributed by atoms with van der Waals surface area (Å²) in [6.45, 7) is 9.53. The van der Waals surface area contributed by atoms with Crippen LogP contribution in [0.3, 0.4) is 0 Å². The van der Waals surface area contributed by atoms with Crippen LogP contribution >= 0.6 is 0 Å². The highest BCUT2D eigenvalue weighted by molar-refractivity contribution is 5.86. The summed E-state index contributed by atoms with van der Waals surface area (Å²) >= 11 is 0. The lowest BCUT2D eigenvalue weighted by Gasteiger charge is -2.20. The fourth-order valence-electron chi connectivity index (χ4n) is 5.20. The molecule has 2 rings (SSSR count). The van der Waals surface area contributed by atoms with Gasteiger partial charge < -0.3 is 30.7 Å². The third kappa shape index (κ3) is 18.9. The molecule has 0 aliphatic rings. The summed E-state index contributed by atoms with van der Waals surface area (Å²) in [4.78, 5) is 50.1. The van der Waals surface area contributed by atoms with Crippen LogP contribution in [0.5, 0.6) is 0 Å². The van der Waals surface area contributed by atoms with Gasteiger partial charge in [0, 0.05) is 13.1 Å². The van der Waals surface area contributed by atoms with E-state index in [1.165, 1.54) is 0 Å². The number of amides is 4. The third-order valence-corrected chi connectivity index (χ3v) is 7.76. The smallest absolute Gasteiger partial charge is 0.408 e. The summed E-state index contributed by atoms with van der Waals surface area (Å²) in [7, 11) is 0. The molecule has 2 aromatic rings. The van der Waals surface area contributed by atoms with Crippen LogP contribution < -0.4 is 21.3 Å². The largest absolute Gasteiger partial charge is 0.445 e. The predicted molar refractivity (Wildman–Crippen MR) is 189 cm³/mol. The SMILES string of the molecule is CC(C)C[C@H](NC(=O)OCc1ccccc1)C(=O)NCCCCCCCCCCNC(=O)[C@@H](CC(C)C)NC(=O)OCc1ccccc1. The van der Waals surface area contributed by atoms with Crippen LogP contribution in [0, 0.1) is 11.8 Å². The Morgan fingerprint density at radius 3 is 1.19 bits per heavy atom. The first-order valence-corrected chi connectivity index (χ1v) is 17.6. The Labute approximate surface area is 287 Å². The Bertz CT molecular complexity index is 1100. The standard InChI is InChI=1S/C38H58N4O6/c1-29(2)25-33(41-37(45)47-27-31-19-13-11-14-20-31)35(43)39-23-17-9-7-5-6-8-10-18-24-40-36(44)34(26-30(3)4)42-38(46)48-28-32-21-15-12-16-22-32/h11-16,19-22,29-30,33-34H,5-10,17-18,23-28H2,1-4H3,(H,39,43)(H,40,44)(H,41,45)(H,42,46)/t33-,34+. The second-order valence-corrected chi connectivity index (χ2v) is 13.2. The van der Waals surface area contributed by atoms with Gasteiger partial charge in [-0.05, 0) is 48.6 Å². The van der Waals surface area contributed by atoms with Gasteiger partial charge in [-0.3, -0.25) is 9.59 Å². The monoisotopic (exact) mass is 666 g/mol. The normalized spacial score (nSPS) is 12.2. The van der Waals surface area contributed by atoms with Crippen molar-refractivity contribution in [1.82, 2.24) is 21.3 Å². The number of carbonyl (C=O) groups is 4. The number of hydrogen-bond donors (Lipinski definition) is 4. The number of nitrogens with one attached hydrogen (secondary N) is 4. The van der Waals surface area contributed by atoms with Crippen LogP contribution in [0.1, 0.15) is 103 Å². The second kappa shape index (κ2) is 24.1. The third-order valence-electron chi connectivity index (χ3n) is 7.76. The van der Waals surface area contributed by atoms with Crippen molar-refractivity contribution in [2.24, 2.45) is 11.8 Å². The molecule has 0 aromatic heterocycles. The quantitative estimate of drug-likeness (QED) is 0.0942. The van der Waals surface area contributed by atoms with Crippen molar-refractivity contribution in [2.75, 3.05) is 13.1 Å². The van der Waals surface area contributed by atoms with Gasteiger partial charge in [0.25, 0.3) is 0 Å². The molecule has 0 spiro atoms. The van der Waals surface area contributed by atoms with Gasteiger partial charge in [0.15, 0.2) is 0 Å². The van der Waals surface area contributed by atoms with Crippen molar-refractivity contribution in [2.45, 2.75) is 117 Å². The van der Waals surface area contributed by atoms with Crippen LogP contribution in [0.4, 0.5) is 9.59 Å². The number of carbonyl (C=O) groups excluding carboxylic acids is 4.